The van der Waals surface area contributed by atoms with Crippen LogP contribution in [0.5, 0.6) is 11.5 Å². The molecule has 0 atom stereocenters. The molecule has 146 valence electrons. The Morgan fingerprint density at radius 2 is 1.45 bits per heavy atom. The molecule has 0 saturated carbocycles. The van der Waals surface area contributed by atoms with Gasteiger partial charge < -0.3 is 9.26 Å². The van der Waals surface area contributed by atoms with E-state index in [1.165, 1.54) is 16.7 Å². The third kappa shape index (κ3) is 4.06. The summed E-state index contributed by atoms with van der Waals surface area (Å²) in [6.07, 6.45) is 0. The molecular formula is C25H24N2O2. The zero-order valence-corrected chi connectivity index (χ0v) is 17.1. The van der Waals surface area contributed by atoms with Gasteiger partial charge in [0, 0.05) is 11.0 Å². The molecule has 0 saturated heterocycles. The van der Waals surface area contributed by atoms with E-state index in [0.29, 0.717) is 11.7 Å². The smallest absolute Gasteiger partial charge is 0.258 e. The highest BCUT2D eigenvalue weighted by Crippen LogP contribution is 2.33. The molecule has 1 heterocycles. The third-order valence-corrected chi connectivity index (χ3v) is 5.19. The minimum Gasteiger partial charge on any atom is -0.457 e. The number of rotatable bonds is 5. The summed E-state index contributed by atoms with van der Waals surface area (Å²) in [5.74, 6) is 2.61. The molecule has 0 aliphatic rings. The van der Waals surface area contributed by atoms with E-state index in [2.05, 4.69) is 67.3 Å². The third-order valence-electron chi connectivity index (χ3n) is 5.19. The molecule has 0 unspecified atom stereocenters. The number of benzene rings is 3. The fourth-order valence-electron chi connectivity index (χ4n) is 3.32. The first-order valence-electron chi connectivity index (χ1n) is 9.68. The first-order chi connectivity index (χ1) is 13.9. The molecule has 4 rings (SSSR count). The van der Waals surface area contributed by atoms with Crippen LogP contribution in [0.1, 0.15) is 36.4 Å². The Hall–Kier alpha value is -3.40. The van der Waals surface area contributed by atoms with Gasteiger partial charge in [0.1, 0.15) is 11.5 Å². The first kappa shape index (κ1) is 18.9. The van der Waals surface area contributed by atoms with Gasteiger partial charge in [-0.3, -0.25) is 0 Å². The average molecular weight is 384 g/mol. The van der Waals surface area contributed by atoms with Crippen molar-refractivity contribution in [3.05, 3.63) is 95.3 Å². The van der Waals surface area contributed by atoms with Crippen LogP contribution in [-0.2, 0) is 5.41 Å². The molecule has 0 fully saturated rings. The quantitative estimate of drug-likeness (QED) is 0.395. The second-order valence-electron chi connectivity index (χ2n) is 7.79. The maximum atomic E-state index is 6.05. The van der Waals surface area contributed by atoms with Crippen molar-refractivity contribution in [1.29, 1.82) is 0 Å². The second kappa shape index (κ2) is 7.55. The van der Waals surface area contributed by atoms with E-state index in [4.69, 9.17) is 9.26 Å². The van der Waals surface area contributed by atoms with Gasteiger partial charge in [-0.1, -0.05) is 67.0 Å². The molecule has 3 aromatic carbocycles. The van der Waals surface area contributed by atoms with Gasteiger partial charge >= 0.3 is 0 Å². The number of nitrogens with zero attached hydrogens (tertiary/aromatic N) is 2. The maximum absolute atomic E-state index is 6.05. The van der Waals surface area contributed by atoms with E-state index in [0.717, 1.165) is 17.1 Å². The van der Waals surface area contributed by atoms with Gasteiger partial charge in [0.15, 0.2) is 5.82 Å². The summed E-state index contributed by atoms with van der Waals surface area (Å²) in [4.78, 5) is 4.27. The van der Waals surface area contributed by atoms with E-state index in [1.54, 1.807) is 6.92 Å². The van der Waals surface area contributed by atoms with Crippen LogP contribution in [0.15, 0.2) is 77.3 Å². The topological polar surface area (TPSA) is 48.2 Å². The highest BCUT2D eigenvalue weighted by molar-refractivity contribution is 5.56. The fourth-order valence-corrected chi connectivity index (χ4v) is 3.32. The van der Waals surface area contributed by atoms with E-state index in [1.807, 2.05) is 36.4 Å². The molecular weight excluding hydrogens is 360 g/mol. The van der Waals surface area contributed by atoms with E-state index in [-0.39, 0.29) is 5.41 Å². The van der Waals surface area contributed by atoms with Gasteiger partial charge in [-0.2, -0.15) is 4.98 Å². The molecule has 0 aliphatic carbocycles. The molecule has 0 spiro atoms. The van der Waals surface area contributed by atoms with Crippen molar-refractivity contribution in [2.45, 2.75) is 33.1 Å². The zero-order valence-electron chi connectivity index (χ0n) is 17.1. The van der Waals surface area contributed by atoms with Crippen molar-refractivity contribution in [3.8, 4) is 23.0 Å². The van der Waals surface area contributed by atoms with Gasteiger partial charge in [0.2, 0.25) is 0 Å². The summed E-state index contributed by atoms with van der Waals surface area (Å²) >= 11 is 0. The van der Waals surface area contributed by atoms with Crippen LogP contribution in [0, 0.1) is 13.8 Å². The Bertz CT molecular complexity index is 1110. The van der Waals surface area contributed by atoms with Crippen LogP contribution in [0.2, 0.25) is 0 Å². The van der Waals surface area contributed by atoms with E-state index >= 15 is 0 Å². The van der Waals surface area contributed by atoms with Gasteiger partial charge in [-0.05, 0) is 55.3 Å². The van der Waals surface area contributed by atoms with Crippen molar-refractivity contribution in [2.24, 2.45) is 0 Å². The molecule has 0 radical (unpaired) electrons. The Morgan fingerprint density at radius 1 is 0.793 bits per heavy atom. The van der Waals surface area contributed by atoms with E-state index < -0.39 is 0 Å². The number of aryl methyl sites for hydroxylation is 2. The zero-order chi connectivity index (χ0) is 20.4. The lowest BCUT2D eigenvalue weighted by atomic mass is 9.78. The first-order valence-corrected chi connectivity index (χ1v) is 9.68. The van der Waals surface area contributed by atoms with Crippen molar-refractivity contribution < 1.29 is 9.26 Å². The molecule has 0 bridgehead atoms. The predicted octanol–water partition coefficient (Wildman–Crippen LogP) is 6.47. The monoisotopic (exact) mass is 384 g/mol. The summed E-state index contributed by atoms with van der Waals surface area (Å²) in [5, 5.41) is 3.84. The van der Waals surface area contributed by atoms with Gasteiger partial charge in [0.05, 0.1) is 0 Å². The SMILES string of the molecule is Cc1ccc(C(C)(C)c2ccc(Oc3cccc(-c4nc(C)no4)c3)cc2)cc1. The van der Waals surface area contributed by atoms with Crippen LogP contribution >= 0.6 is 0 Å². The number of hydrogen-bond donors (Lipinski definition) is 0. The Labute approximate surface area is 171 Å². The summed E-state index contributed by atoms with van der Waals surface area (Å²) < 4.78 is 11.3. The lowest BCUT2D eigenvalue weighted by molar-refractivity contribution is 0.425. The number of hydrogen-bond acceptors (Lipinski definition) is 4. The van der Waals surface area contributed by atoms with Crippen molar-refractivity contribution in [1.82, 2.24) is 10.1 Å². The minimum absolute atomic E-state index is 0.0814. The predicted molar refractivity (Wildman–Crippen MR) is 114 cm³/mol. The lowest BCUT2D eigenvalue weighted by Crippen LogP contribution is -2.18. The molecule has 4 heteroatoms. The molecule has 0 aliphatic heterocycles. The highest BCUT2D eigenvalue weighted by atomic mass is 16.5. The van der Waals surface area contributed by atoms with Gasteiger partial charge in [-0.15, -0.1) is 0 Å². The molecule has 1 aromatic heterocycles. The summed E-state index contributed by atoms with van der Waals surface area (Å²) in [6, 6.07) is 24.6. The summed E-state index contributed by atoms with van der Waals surface area (Å²) in [6.45, 7) is 8.39. The largest absolute Gasteiger partial charge is 0.457 e. The fraction of sp³-hybridized carbons (Fsp3) is 0.200. The molecule has 0 amide bonds. The van der Waals surface area contributed by atoms with Crippen LogP contribution < -0.4 is 4.74 Å². The number of aromatic nitrogens is 2. The van der Waals surface area contributed by atoms with Crippen LogP contribution in [-0.4, -0.2) is 10.1 Å². The second-order valence-corrected chi connectivity index (χ2v) is 7.79. The van der Waals surface area contributed by atoms with E-state index in [9.17, 15) is 0 Å². The van der Waals surface area contributed by atoms with Crippen molar-refractivity contribution in [2.75, 3.05) is 0 Å². The van der Waals surface area contributed by atoms with Crippen LogP contribution in [0.3, 0.4) is 0 Å². The van der Waals surface area contributed by atoms with Crippen molar-refractivity contribution in [3.63, 3.8) is 0 Å². The number of ether oxygens (including phenoxy) is 1. The molecule has 4 nitrogen and oxygen atoms in total. The minimum atomic E-state index is -0.0814. The van der Waals surface area contributed by atoms with Gasteiger partial charge in [0.25, 0.3) is 5.89 Å². The van der Waals surface area contributed by atoms with Crippen LogP contribution in [0.25, 0.3) is 11.5 Å². The standard InChI is InChI=1S/C25H24N2O2/c1-17-8-10-20(11-9-17)25(3,4)21-12-14-22(15-13-21)28-23-7-5-6-19(16-23)24-26-18(2)27-29-24/h5-16H,1-4H3. The highest BCUT2D eigenvalue weighted by Gasteiger charge is 2.22. The van der Waals surface area contributed by atoms with Crippen LogP contribution in [0.4, 0.5) is 0 Å². The average Bonchev–Trinajstić information content (AvgIpc) is 3.15. The molecule has 4 aromatic rings. The maximum Gasteiger partial charge on any atom is 0.258 e. The Balaban J connectivity index is 1.53. The Morgan fingerprint density at radius 3 is 2.07 bits per heavy atom. The summed E-state index contributed by atoms with van der Waals surface area (Å²) in [7, 11) is 0. The molecule has 0 N–H and O–H groups in total. The summed E-state index contributed by atoms with van der Waals surface area (Å²) in [5.41, 5.74) is 4.55. The van der Waals surface area contributed by atoms with Gasteiger partial charge in [-0.25, -0.2) is 0 Å². The van der Waals surface area contributed by atoms with Crippen molar-refractivity contribution >= 4 is 0 Å². The lowest BCUT2D eigenvalue weighted by Gasteiger charge is -2.26. The normalized spacial score (nSPS) is 11.4. The molecule has 29 heavy (non-hydrogen) atoms. The Kier molecular flexibility index (Phi) is 4.93.